The number of furan rings is 1. The number of hydrogen-bond acceptors (Lipinski definition) is 5. The largest absolute Gasteiger partial charge is 0.447 e. The molecular weight excluding hydrogens is 256 g/mol. The van der Waals surface area contributed by atoms with E-state index in [1.807, 2.05) is 0 Å². The molecule has 6 nitrogen and oxygen atoms in total. The molecule has 0 saturated heterocycles. The van der Waals surface area contributed by atoms with Crippen molar-refractivity contribution in [3.05, 3.63) is 17.9 Å². The Labute approximate surface area is 107 Å². The molecule has 1 aliphatic rings. The summed E-state index contributed by atoms with van der Waals surface area (Å²) >= 11 is 0. The Kier molecular flexibility index (Phi) is 4.39. The normalized spacial score (nSPS) is 16.1. The Balaban J connectivity index is 1.90. The molecule has 0 aliphatic heterocycles. The van der Waals surface area contributed by atoms with Crippen LogP contribution in [0, 0.1) is 0 Å². The summed E-state index contributed by atoms with van der Waals surface area (Å²) in [6.07, 6.45) is 2.37. The molecule has 2 N–H and O–H groups in total. The molecule has 0 spiro atoms. The average molecular weight is 274 g/mol. The lowest BCUT2D eigenvalue weighted by Gasteiger charge is -2.03. The van der Waals surface area contributed by atoms with Gasteiger partial charge in [0.15, 0.2) is 0 Å². The molecule has 1 aromatic rings. The Morgan fingerprint density at radius 1 is 1.44 bits per heavy atom. The molecule has 0 bridgehead atoms. The van der Waals surface area contributed by atoms with Crippen molar-refractivity contribution in [3.63, 3.8) is 0 Å². The second-order valence-electron chi connectivity index (χ2n) is 4.27. The van der Waals surface area contributed by atoms with E-state index in [-0.39, 0.29) is 11.6 Å². The zero-order chi connectivity index (χ0) is 13.0. The van der Waals surface area contributed by atoms with Gasteiger partial charge in [-0.1, -0.05) is 0 Å². The number of rotatable bonds is 8. The maximum atomic E-state index is 11.8. The van der Waals surface area contributed by atoms with Crippen molar-refractivity contribution in [3.8, 4) is 0 Å². The fourth-order valence-electron chi connectivity index (χ4n) is 1.48. The lowest BCUT2D eigenvalue weighted by Crippen LogP contribution is -2.26. The van der Waals surface area contributed by atoms with Crippen molar-refractivity contribution < 1.29 is 17.6 Å². The average Bonchev–Trinajstić information content (AvgIpc) is 3.03. The third-order valence-corrected chi connectivity index (χ3v) is 3.98. The second kappa shape index (κ2) is 5.83. The third-order valence-electron chi connectivity index (χ3n) is 2.64. The van der Waals surface area contributed by atoms with Crippen molar-refractivity contribution in [2.75, 3.05) is 20.3 Å². The Hall–Kier alpha value is -0.890. The minimum Gasteiger partial charge on any atom is -0.447 e. The van der Waals surface area contributed by atoms with Crippen molar-refractivity contribution in [1.82, 2.24) is 10.0 Å². The van der Waals surface area contributed by atoms with Crippen molar-refractivity contribution >= 4 is 10.0 Å². The van der Waals surface area contributed by atoms with Crippen LogP contribution in [0.25, 0.3) is 0 Å². The third kappa shape index (κ3) is 3.81. The number of hydrogen-bond donors (Lipinski definition) is 2. The summed E-state index contributed by atoms with van der Waals surface area (Å²) in [5, 5.41) is 3.21. The summed E-state index contributed by atoms with van der Waals surface area (Å²) in [4.78, 5) is 0. The van der Waals surface area contributed by atoms with Crippen LogP contribution in [0.1, 0.15) is 18.6 Å². The smallest absolute Gasteiger partial charge is 0.274 e. The van der Waals surface area contributed by atoms with E-state index in [4.69, 9.17) is 9.15 Å². The van der Waals surface area contributed by atoms with E-state index >= 15 is 0 Å². The van der Waals surface area contributed by atoms with E-state index in [2.05, 4.69) is 10.0 Å². The van der Waals surface area contributed by atoms with Crippen molar-refractivity contribution in [1.29, 1.82) is 0 Å². The van der Waals surface area contributed by atoms with Gasteiger partial charge in [-0.25, -0.2) is 13.1 Å². The van der Waals surface area contributed by atoms with Crippen molar-refractivity contribution in [2.24, 2.45) is 0 Å². The number of nitrogens with one attached hydrogen (secondary N) is 2. The number of sulfonamides is 1. The van der Waals surface area contributed by atoms with Crippen LogP contribution in [0.2, 0.25) is 0 Å². The van der Waals surface area contributed by atoms with Gasteiger partial charge in [0.05, 0.1) is 13.2 Å². The maximum absolute atomic E-state index is 11.8. The summed E-state index contributed by atoms with van der Waals surface area (Å²) in [5.41, 5.74) is 0. The van der Waals surface area contributed by atoms with Crippen LogP contribution in [0.3, 0.4) is 0 Å². The molecule has 1 heterocycles. The van der Waals surface area contributed by atoms with Crippen LogP contribution in [0.5, 0.6) is 0 Å². The molecule has 0 amide bonds. The predicted octanol–water partition coefficient (Wildman–Crippen LogP) is 0.456. The highest BCUT2D eigenvalue weighted by molar-refractivity contribution is 7.89. The summed E-state index contributed by atoms with van der Waals surface area (Å²) < 4.78 is 36.1. The Morgan fingerprint density at radius 3 is 2.89 bits per heavy atom. The topological polar surface area (TPSA) is 80.6 Å². The SMILES string of the molecule is COCCNS(=O)(=O)c1ccc(CNC2CC2)o1. The molecule has 0 atom stereocenters. The summed E-state index contributed by atoms with van der Waals surface area (Å²) in [7, 11) is -2.04. The van der Waals surface area contributed by atoms with Gasteiger partial charge in [0.2, 0.25) is 5.09 Å². The first-order valence-corrected chi connectivity index (χ1v) is 7.41. The monoisotopic (exact) mass is 274 g/mol. The quantitative estimate of drug-likeness (QED) is 0.673. The highest BCUT2D eigenvalue weighted by Crippen LogP contribution is 2.20. The van der Waals surface area contributed by atoms with Crippen LogP contribution in [0.4, 0.5) is 0 Å². The second-order valence-corrected chi connectivity index (χ2v) is 5.96. The molecule has 18 heavy (non-hydrogen) atoms. The first-order chi connectivity index (χ1) is 8.62. The van der Waals surface area contributed by atoms with E-state index < -0.39 is 10.0 Å². The standard InChI is InChI=1S/C11H18N2O4S/c1-16-7-6-13-18(14,15)11-5-4-10(17-11)8-12-9-2-3-9/h4-5,9,12-13H,2-3,6-8H2,1H3. The summed E-state index contributed by atoms with van der Waals surface area (Å²) in [6, 6.07) is 3.72. The molecule has 0 radical (unpaired) electrons. The van der Waals surface area contributed by atoms with Gasteiger partial charge in [0.25, 0.3) is 10.0 Å². The van der Waals surface area contributed by atoms with E-state index in [1.165, 1.54) is 26.0 Å². The van der Waals surface area contributed by atoms with Gasteiger partial charge in [-0.2, -0.15) is 0 Å². The van der Waals surface area contributed by atoms with Crippen molar-refractivity contribution in [2.45, 2.75) is 30.5 Å². The Bertz CT molecular complexity index is 479. The zero-order valence-corrected chi connectivity index (χ0v) is 11.1. The molecule has 1 aromatic heterocycles. The van der Waals surface area contributed by atoms with Gasteiger partial charge in [-0.15, -0.1) is 0 Å². The van der Waals surface area contributed by atoms with Gasteiger partial charge < -0.3 is 14.5 Å². The van der Waals surface area contributed by atoms with Crippen LogP contribution >= 0.6 is 0 Å². The van der Waals surface area contributed by atoms with E-state index in [9.17, 15) is 8.42 Å². The highest BCUT2D eigenvalue weighted by atomic mass is 32.2. The molecule has 1 aliphatic carbocycles. The minimum atomic E-state index is -3.56. The molecule has 2 rings (SSSR count). The van der Waals surface area contributed by atoms with E-state index in [0.717, 1.165) is 0 Å². The summed E-state index contributed by atoms with van der Waals surface area (Å²) in [6.45, 7) is 1.13. The number of ether oxygens (including phenoxy) is 1. The fourth-order valence-corrected chi connectivity index (χ4v) is 2.44. The first kappa shape index (κ1) is 13.5. The molecule has 7 heteroatoms. The Morgan fingerprint density at radius 2 is 2.22 bits per heavy atom. The predicted molar refractivity (Wildman–Crippen MR) is 65.6 cm³/mol. The van der Waals surface area contributed by atoms with Gasteiger partial charge in [-0.3, -0.25) is 0 Å². The highest BCUT2D eigenvalue weighted by Gasteiger charge is 2.22. The molecule has 1 saturated carbocycles. The maximum Gasteiger partial charge on any atom is 0.274 e. The van der Waals surface area contributed by atoms with Crippen LogP contribution in [-0.2, 0) is 21.3 Å². The summed E-state index contributed by atoms with van der Waals surface area (Å²) in [5.74, 6) is 0.633. The van der Waals surface area contributed by atoms with Crippen LogP contribution in [0.15, 0.2) is 21.6 Å². The van der Waals surface area contributed by atoms with Crippen LogP contribution < -0.4 is 10.0 Å². The zero-order valence-electron chi connectivity index (χ0n) is 10.3. The molecule has 0 unspecified atom stereocenters. The number of methoxy groups -OCH3 is 1. The molecule has 1 fully saturated rings. The molecule has 0 aromatic carbocycles. The molecule has 102 valence electrons. The van der Waals surface area contributed by atoms with E-state index in [0.29, 0.717) is 25.0 Å². The van der Waals surface area contributed by atoms with Crippen LogP contribution in [-0.4, -0.2) is 34.7 Å². The minimum absolute atomic E-state index is 0.0498. The van der Waals surface area contributed by atoms with Gasteiger partial charge in [0.1, 0.15) is 5.76 Å². The van der Waals surface area contributed by atoms with Gasteiger partial charge >= 0.3 is 0 Å². The lowest BCUT2D eigenvalue weighted by molar-refractivity contribution is 0.204. The fraction of sp³-hybridized carbons (Fsp3) is 0.636. The molecular formula is C11H18N2O4S. The lowest BCUT2D eigenvalue weighted by atomic mass is 10.4. The first-order valence-electron chi connectivity index (χ1n) is 5.92. The van der Waals surface area contributed by atoms with E-state index in [1.54, 1.807) is 6.07 Å². The van der Waals surface area contributed by atoms with Gasteiger partial charge in [-0.05, 0) is 25.0 Å². The van der Waals surface area contributed by atoms with Gasteiger partial charge in [0, 0.05) is 19.7 Å².